The zero-order chi connectivity index (χ0) is 9.42. The van der Waals surface area contributed by atoms with E-state index in [0.29, 0.717) is 6.42 Å². The Labute approximate surface area is 76.8 Å². The monoisotopic (exact) mass is 186 g/mol. The number of carbonyl (C=O) groups excluding carboxylic acids is 1. The Bertz CT molecular complexity index is 216. The van der Waals surface area contributed by atoms with Crippen LogP contribution in [0.4, 0.5) is 0 Å². The molecule has 0 spiro atoms. The topological polar surface area (TPSA) is 55.8 Å². The second kappa shape index (κ2) is 3.27. The predicted molar refractivity (Wildman–Crippen MR) is 44.0 cm³/mol. The molecule has 0 amide bonds. The van der Waals surface area contributed by atoms with Crippen LogP contribution in [0.2, 0.25) is 0 Å². The molecule has 0 aromatic rings. The van der Waals surface area contributed by atoms with E-state index in [-0.39, 0.29) is 18.2 Å². The molecule has 2 aliphatic rings. The highest BCUT2D eigenvalue weighted by atomic mass is 16.5. The minimum atomic E-state index is -0.585. The van der Waals surface area contributed by atoms with Gasteiger partial charge in [0.15, 0.2) is 0 Å². The number of rotatable bonds is 1. The molecule has 0 aromatic heterocycles. The van der Waals surface area contributed by atoms with Crippen molar-refractivity contribution in [2.24, 2.45) is 5.92 Å². The number of ether oxygens (including phenoxy) is 2. The van der Waals surface area contributed by atoms with Crippen molar-refractivity contribution in [2.45, 2.75) is 37.6 Å². The van der Waals surface area contributed by atoms with Gasteiger partial charge >= 0.3 is 5.97 Å². The van der Waals surface area contributed by atoms with Crippen LogP contribution in [-0.2, 0) is 14.3 Å². The van der Waals surface area contributed by atoms with E-state index in [1.165, 1.54) is 7.11 Å². The van der Waals surface area contributed by atoms with Gasteiger partial charge in [-0.3, -0.25) is 4.79 Å². The van der Waals surface area contributed by atoms with E-state index in [0.717, 1.165) is 12.8 Å². The third-order valence-corrected chi connectivity index (χ3v) is 2.93. The molecule has 0 unspecified atom stereocenters. The van der Waals surface area contributed by atoms with Gasteiger partial charge in [-0.05, 0) is 12.8 Å². The Balaban J connectivity index is 2.11. The van der Waals surface area contributed by atoms with E-state index in [9.17, 15) is 9.90 Å². The van der Waals surface area contributed by atoms with Crippen molar-refractivity contribution in [3.8, 4) is 0 Å². The summed E-state index contributed by atoms with van der Waals surface area (Å²) in [4.78, 5) is 11.3. The molecule has 0 aliphatic carbocycles. The normalized spacial score (nSPS) is 43.2. The van der Waals surface area contributed by atoms with Crippen LogP contribution in [0.3, 0.4) is 0 Å². The molecule has 2 heterocycles. The van der Waals surface area contributed by atoms with Gasteiger partial charge in [-0.2, -0.15) is 0 Å². The van der Waals surface area contributed by atoms with Gasteiger partial charge in [0.25, 0.3) is 0 Å². The summed E-state index contributed by atoms with van der Waals surface area (Å²) in [5, 5.41) is 9.67. The van der Waals surface area contributed by atoms with Gasteiger partial charge < -0.3 is 14.6 Å². The molecule has 2 bridgehead atoms. The molecule has 2 rings (SSSR count). The minimum absolute atomic E-state index is 0.124. The molecular weight excluding hydrogens is 172 g/mol. The van der Waals surface area contributed by atoms with Crippen LogP contribution in [0.15, 0.2) is 0 Å². The van der Waals surface area contributed by atoms with Gasteiger partial charge in [0.05, 0.1) is 25.4 Å². The van der Waals surface area contributed by atoms with Crippen LogP contribution in [0.25, 0.3) is 0 Å². The number of aliphatic hydroxyl groups excluding tert-OH is 1. The van der Waals surface area contributed by atoms with E-state index in [1.54, 1.807) is 0 Å². The molecule has 4 nitrogen and oxygen atoms in total. The molecule has 2 aliphatic heterocycles. The fourth-order valence-corrected chi connectivity index (χ4v) is 2.28. The summed E-state index contributed by atoms with van der Waals surface area (Å²) in [6, 6.07) is 0. The Morgan fingerprint density at radius 2 is 2.31 bits per heavy atom. The minimum Gasteiger partial charge on any atom is -0.469 e. The van der Waals surface area contributed by atoms with Crippen molar-refractivity contribution in [2.75, 3.05) is 7.11 Å². The average Bonchev–Trinajstić information content (AvgIpc) is 2.48. The lowest BCUT2D eigenvalue weighted by Gasteiger charge is -2.31. The summed E-state index contributed by atoms with van der Waals surface area (Å²) < 4.78 is 10.2. The van der Waals surface area contributed by atoms with E-state index < -0.39 is 12.0 Å². The van der Waals surface area contributed by atoms with Crippen molar-refractivity contribution in [3.05, 3.63) is 0 Å². The summed E-state index contributed by atoms with van der Waals surface area (Å²) in [5.41, 5.74) is 0. The van der Waals surface area contributed by atoms with E-state index >= 15 is 0 Å². The van der Waals surface area contributed by atoms with Crippen molar-refractivity contribution in [1.29, 1.82) is 0 Å². The number of esters is 1. The predicted octanol–water partition coefficient (Wildman–Crippen LogP) is 0.0878. The molecule has 0 radical (unpaired) electrons. The molecule has 0 aromatic carbocycles. The smallest absolute Gasteiger partial charge is 0.313 e. The number of carbonyl (C=O) groups is 1. The van der Waals surface area contributed by atoms with Gasteiger partial charge in [0.1, 0.15) is 5.92 Å². The second-order valence-electron chi connectivity index (χ2n) is 3.73. The summed E-state index contributed by atoms with van der Waals surface area (Å²) in [5.74, 6) is -0.818. The largest absolute Gasteiger partial charge is 0.469 e. The highest BCUT2D eigenvalue weighted by molar-refractivity contribution is 5.74. The highest BCUT2D eigenvalue weighted by Crippen LogP contribution is 2.37. The van der Waals surface area contributed by atoms with Gasteiger partial charge in [-0.15, -0.1) is 0 Å². The van der Waals surface area contributed by atoms with Crippen molar-refractivity contribution in [1.82, 2.24) is 0 Å². The molecule has 0 saturated carbocycles. The molecule has 4 heteroatoms. The lowest BCUT2D eigenvalue weighted by Crippen LogP contribution is -2.43. The quantitative estimate of drug-likeness (QED) is 0.589. The summed E-state index contributed by atoms with van der Waals surface area (Å²) in [6.07, 6.45) is 1.83. The Hall–Kier alpha value is -0.610. The van der Waals surface area contributed by atoms with E-state index in [1.807, 2.05) is 0 Å². The van der Waals surface area contributed by atoms with Crippen LogP contribution >= 0.6 is 0 Å². The third kappa shape index (κ3) is 1.44. The van der Waals surface area contributed by atoms with Crippen LogP contribution < -0.4 is 0 Å². The first kappa shape index (κ1) is 8.97. The zero-order valence-electron chi connectivity index (χ0n) is 7.60. The molecule has 1 N–H and O–H groups in total. The number of methoxy groups -OCH3 is 1. The summed E-state index contributed by atoms with van der Waals surface area (Å²) in [7, 11) is 1.34. The second-order valence-corrected chi connectivity index (χ2v) is 3.73. The SMILES string of the molecule is COC(=O)[C@H]1[C@H](O)C[C@H]2CC[C@@H]1O2. The average molecular weight is 186 g/mol. The first-order valence-corrected chi connectivity index (χ1v) is 4.63. The molecule has 2 saturated heterocycles. The van der Waals surface area contributed by atoms with E-state index in [2.05, 4.69) is 4.74 Å². The molecule has 4 atom stereocenters. The molecular formula is C9H14O4. The third-order valence-electron chi connectivity index (χ3n) is 2.93. The maximum absolute atomic E-state index is 11.3. The van der Waals surface area contributed by atoms with Crippen LogP contribution in [0, 0.1) is 5.92 Å². The fourth-order valence-electron chi connectivity index (χ4n) is 2.28. The number of aliphatic hydroxyl groups is 1. The zero-order valence-corrected chi connectivity index (χ0v) is 7.60. The molecule has 2 fully saturated rings. The Morgan fingerprint density at radius 3 is 3.00 bits per heavy atom. The number of hydrogen-bond donors (Lipinski definition) is 1. The van der Waals surface area contributed by atoms with E-state index in [4.69, 9.17) is 4.74 Å². The lowest BCUT2D eigenvalue weighted by molar-refractivity contribution is -0.166. The fraction of sp³-hybridized carbons (Fsp3) is 0.889. The Morgan fingerprint density at radius 1 is 1.54 bits per heavy atom. The number of hydrogen-bond acceptors (Lipinski definition) is 4. The first-order chi connectivity index (χ1) is 6.22. The standard InChI is InChI=1S/C9H14O4/c1-12-9(11)8-6(10)4-5-2-3-7(8)13-5/h5-8,10H,2-4H2,1H3/t5-,6-,7+,8+/m1/s1. The van der Waals surface area contributed by atoms with Crippen molar-refractivity contribution < 1.29 is 19.4 Å². The van der Waals surface area contributed by atoms with Crippen LogP contribution in [0.1, 0.15) is 19.3 Å². The van der Waals surface area contributed by atoms with Gasteiger partial charge in [0.2, 0.25) is 0 Å². The van der Waals surface area contributed by atoms with Crippen LogP contribution in [-0.4, -0.2) is 36.5 Å². The first-order valence-electron chi connectivity index (χ1n) is 4.63. The van der Waals surface area contributed by atoms with Crippen molar-refractivity contribution >= 4 is 5.97 Å². The Kier molecular flexibility index (Phi) is 2.26. The maximum atomic E-state index is 11.3. The maximum Gasteiger partial charge on any atom is 0.313 e. The summed E-state index contributed by atoms with van der Waals surface area (Å²) >= 11 is 0. The number of fused-ring (bicyclic) bond motifs is 2. The summed E-state index contributed by atoms with van der Waals surface area (Å²) in [6.45, 7) is 0. The van der Waals surface area contributed by atoms with Gasteiger partial charge in [0, 0.05) is 6.42 Å². The van der Waals surface area contributed by atoms with Gasteiger partial charge in [-0.25, -0.2) is 0 Å². The highest BCUT2D eigenvalue weighted by Gasteiger charge is 2.46. The molecule has 13 heavy (non-hydrogen) atoms. The molecule has 74 valence electrons. The van der Waals surface area contributed by atoms with Crippen LogP contribution in [0.5, 0.6) is 0 Å². The van der Waals surface area contributed by atoms with Crippen molar-refractivity contribution in [3.63, 3.8) is 0 Å². The van der Waals surface area contributed by atoms with Gasteiger partial charge in [-0.1, -0.05) is 0 Å². The lowest BCUT2D eigenvalue weighted by atomic mass is 9.92.